The van der Waals surface area contributed by atoms with Gasteiger partial charge in [0.05, 0.1) is 6.61 Å². The summed E-state index contributed by atoms with van der Waals surface area (Å²) in [7, 11) is 0. The van der Waals surface area contributed by atoms with Gasteiger partial charge in [0.25, 0.3) is 0 Å². The van der Waals surface area contributed by atoms with Crippen molar-refractivity contribution in [3.63, 3.8) is 0 Å². The molecule has 0 unspecified atom stereocenters. The summed E-state index contributed by atoms with van der Waals surface area (Å²) in [6.45, 7) is 10.2. The number of hydrogen-bond acceptors (Lipinski definition) is 4. The Bertz CT molecular complexity index is 511. The third-order valence-electron chi connectivity index (χ3n) is 3.76. The van der Waals surface area contributed by atoms with Crippen LogP contribution in [0, 0.1) is 0 Å². The van der Waals surface area contributed by atoms with Crippen molar-refractivity contribution in [2.24, 2.45) is 0 Å². The van der Waals surface area contributed by atoms with Crippen LogP contribution in [0.1, 0.15) is 26.3 Å². The number of hydrogen-bond donors (Lipinski definition) is 0. The molecule has 0 bridgehead atoms. The number of fused-ring (bicyclic) bond motifs is 1. The van der Waals surface area contributed by atoms with Gasteiger partial charge in [0.1, 0.15) is 18.3 Å². The van der Waals surface area contributed by atoms with Crippen molar-refractivity contribution in [1.29, 1.82) is 0 Å². The normalized spacial score (nSPS) is 33.9. The molecule has 0 N–H and O–H groups in total. The molecule has 2 fully saturated rings. The Morgan fingerprint density at radius 3 is 2.62 bits per heavy atom. The average Bonchev–Trinajstić information content (AvgIpc) is 2.90. The highest BCUT2D eigenvalue weighted by Crippen LogP contribution is 2.40. The Morgan fingerprint density at radius 1 is 1.24 bits per heavy atom. The van der Waals surface area contributed by atoms with Gasteiger partial charge in [-0.15, -0.1) is 0 Å². The van der Waals surface area contributed by atoms with E-state index in [1.165, 1.54) is 0 Å². The van der Waals surface area contributed by atoms with Gasteiger partial charge in [0.15, 0.2) is 12.1 Å². The highest BCUT2D eigenvalue weighted by Gasteiger charge is 2.55. The molecule has 1 aromatic carbocycles. The van der Waals surface area contributed by atoms with Gasteiger partial charge in [-0.3, -0.25) is 0 Å². The van der Waals surface area contributed by atoms with Crippen molar-refractivity contribution in [2.75, 3.05) is 0 Å². The van der Waals surface area contributed by atoms with E-state index in [0.717, 1.165) is 11.1 Å². The predicted octanol–water partition coefficient (Wildman–Crippen LogP) is 3.02. The van der Waals surface area contributed by atoms with Gasteiger partial charge in [0.2, 0.25) is 0 Å². The maximum absolute atomic E-state index is 6.08. The van der Waals surface area contributed by atoms with Crippen LogP contribution in [0.2, 0.25) is 0 Å². The van der Waals surface area contributed by atoms with E-state index in [9.17, 15) is 0 Å². The molecule has 4 heteroatoms. The van der Waals surface area contributed by atoms with Crippen molar-refractivity contribution in [2.45, 2.75) is 57.8 Å². The second-order valence-electron chi connectivity index (χ2n) is 6.13. The summed E-state index contributed by atoms with van der Waals surface area (Å²) in [5.74, 6) is -0.635. The Morgan fingerprint density at radius 2 is 1.95 bits per heavy atom. The summed E-state index contributed by atoms with van der Waals surface area (Å²) in [5, 5.41) is 0. The number of ether oxygens (including phenoxy) is 4. The van der Waals surface area contributed by atoms with Crippen LogP contribution in [0.15, 0.2) is 42.5 Å². The van der Waals surface area contributed by atoms with Crippen molar-refractivity contribution < 1.29 is 18.9 Å². The van der Waals surface area contributed by atoms with Crippen LogP contribution in [-0.4, -0.2) is 30.4 Å². The van der Waals surface area contributed by atoms with Crippen molar-refractivity contribution in [1.82, 2.24) is 0 Å². The maximum atomic E-state index is 6.08. The first-order valence-corrected chi connectivity index (χ1v) is 7.28. The molecule has 0 spiro atoms. The minimum absolute atomic E-state index is 0.195. The minimum atomic E-state index is -0.635. The molecule has 0 aromatic heterocycles. The maximum Gasteiger partial charge on any atom is 0.190 e. The van der Waals surface area contributed by atoms with Crippen molar-refractivity contribution >= 4 is 0 Å². The quantitative estimate of drug-likeness (QED) is 0.799. The van der Waals surface area contributed by atoms with Crippen LogP contribution in [0.3, 0.4) is 0 Å². The number of benzene rings is 1. The molecule has 2 heterocycles. The third-order valence-corrected chi connectivity index (χ3v) is 3.76. The SMILES string of the molecule is C=C(C)[C@H]1O[C@@H]2OC(C)(C)O[C@@H]2[C@H]1OCc1ccccc1. The van der Waals surface area contributed by atoms with E-state index in [4.69, 9.17) is 18.9 Å². The van der Waals surface area contributed by atoms with E-state index in [1.54, 1.807) is 0 Å². The Kier molecular flexibility index (Phi) is 3.88. The molecule has 2 aliphatic heterocycles. The molecule has 0 saturated carbocycles. The molecule has 2 saturated heterocycles. The van der Waals surface area contributed by atoms with Gasteiger partial charge in [-0.2, -0.15) is 0 Å². The zero-order valence-electron chi connectivity index (χ0n) is 12.7. The summed E-state index contributed by atoms with van der Waals surface area (Å²) < 4.78 is 23.7. The van der Waals surface area contributed by atoms with Crippen LogP contribution >= 0.6 is 0 Å². The fraction of sp³-hybridized carbons (Fsp3) is 0.529. The molecule has 4 atom stereocenters. The fourth-order valence-corrected chi connectivity index (χ4v) is 2.82. The summed E-state index contributed by atoms with van der Waals surface area (Å²) in [4.78, 5) is 0. The molecule has 2 aliphatic rings. The zero-order valence-corrected chi connectivity index (χ0v) is 12.7. The van der Waals surface area contributed by atoms with Crippen LogP contribution in [0.5, 0.6) is 0 Å². The minimum Gasteiger partial charge on any atom is -0.368 e. The summed E-state index contributed by atoms with van der Waals surface area (Å²) in [6, 6.07) is 10.1. The molecule has 4 nitrogen and oxygen atoms in total. The molecule has 0 amide bonds. The first-order valence-electron chi connectivity index (χ1n) is 7.28. The Hall–Kier alpha value is -1.20. The van der Waals surface area contributed by atoms with E-state index in [1.807, 2.05) is 51.1 Å². The third kappa shape index (κ3) is 3.04. The highest BCUT2D eigenvalue weighted by atomic mass is 16.8. The lowest BCUT2D eigenvalue weighted by atomic mass is 10.1. The smallest absolute Gasteiger partial charge is 0.190 e. The van der Waals surface area contributed by atoms with Crippen molar-refractivity contribution in [3.05, 3.63) is 48.0 Å². The lowest BCUT2D eigenvalue weighted by molar-refractivity contribution is -0.214. The lowest BCUT2D eigenvalue weighted by Crippen LogP contribution is -2.37. The van der Waals surface area contributed by atoms with Gasteiger partial charge in [-0.25, -0.2) is 0 Å². The van der Waals surface area contributed by atoms with Gasteiger partial charge in [-0.05, 0) is 31.9 Å². The molecule has 21 heavy (non-hydrogen) atoms. The average molecular weight is 290 g/mol. The van der Waals surface area contributed by atoms with Crippen LogP contribution in [0.4, 0.5) is 0 Å². The van der Waals surface area contributed by atoms with Crippen LogP contribution < -0.4 is 0 Å². The first-order chi connectivity index (χ1) is 9.96. The molecule has 3 rings (SSSR count). The summed E-state index contributed by atoms with van der Waals surface area (Å²) >= 11 is 0. The first kappa shape index (κ1) is 14.7. The van der Waals surface area contributed by atoms with Gasteiger partial charge in [-0.1, -0.05) is 36.9 Å². The molecule has 0 aliphatic carbocycles. The van der Waals surface area contributed by atoms with E-state index in [-0.39, 0.29) is 24.6 Å². The Labute approximate surface area is 125 Å². The summed E-state index contributed by atoms with van der Waals surface area (Å²) in [5.41, 5.74) is 2.05. The second-order valence-corrected chi connectivity index (χ2v) is 6.13. The van der Waals surface area contributed by atoms with Gasteiger partial charge >= 0.3 is 0 Å². The largest absolute Gasteiger partial charge is 0.368 e. The van der Waals surface area contributed by atoms with Crippen LogP contribution in [0.25, 0.3) is 0 Å². The predicted molar refractivity (Wildman–Crippen MR) is 78.5 cm³/mol. The van der Waals surface area contributed by atoms with E-state index in [2.05, 4.69) is 6.58 Å². The lowest BCUT2D eigenvalue weighted by Gasteiger charge is -2.26. The number of rotatable bonds is 4. The molecule has 1 aromatic rings. The zero-order chi connectivity index (χ0) is 15.0. The van der Waals surface area contributed by atoms with Gasteiger partial charge in [0, 0.05) is 0 Å². The standard InChI is InChI=1S/C17H22O4/c1-11(2)13-14(18-10-12-8-6-5-7-9-12)15-16(19-13)21-17(3,4)20-15/h5-9,13-16H,1,10H2,2-4H3/t13-,14+,15-,16-/m1/s1. The molecule has 114 valence electrons. The Balaban J connectivity index is 1.72. The summed E-state index contributed by atoms with van der Waals surface area (Å²) in [6.07, 6.45) is -0.998. The highest BCUT2D eigenvalue weighted by molar-refractivity contribution is 5.14. The van der Waals surface area contributed by atoms with E-state index < -0.39 is 5.79 Å². The van der Waals surface area contributed by atoms with E-state index in [0.29, 0.717) is 6.61 Å². The molecule has 0 radical (unpaired) electrons. The monoisotopic (exact) mass is 290 g/mol. The molecular weight excluding hydrogens is 268 g/mol. The topological polar surface area (TPSA) is 36.9 Å². The van der Waals surface area contributed by atoms with Gasteiger partial charge < -0.3 is 18.9 Å². The molecular formula is C17H22O4. The van der Waals surface area contributed by atoms with E-state index >= 15 is 0 Å². The fourth-order valence-electron chi connectivity index (χ4n) is 2.82. The van der Waals surface area contributed by atoms with Crippen LogP contribution in [-0.2, 0) is 25.6 Å². The van der Waals surface area contributed by atoms with Crippen molar-refractivity contribution in [3.8, 4) is 0 Å². The second kappa shape index (κ2) is 5.54.